The molecular weight excluding hydrogens is 383 g/mol. The zero-order chi connectivity index (χ0) is 14.5. The third-order valence-corrected chi connectivity index (χ3v) is 3.32. The first-order chi connectivity index (χ1) is 9.60. The number of hydrogen-bond donors (Lipinski definition) is 2. The highest BCUT2D eigenvalue weighted by Gasteiger charge is 2.33. The number of halogens is 1. The molecule has 116 valence electrons. The molecule has 2 atom stereocenters. The fourth-order valence-electron chi connectivity index (χ4n) is 1.96. The molecule has 0 heterocycles. The van der Waals surface area contributed by atoms with Crippen LogP contribution in [-0.2, 0) is 6.54 Å². The number of aliphatic imine (C=N–C) groups is 1. The zero-order valence-electron chi connectivity index (χ0n) is 12.2. The number of rotatable bonds is 5. The zero-order valence-corrected chi connectivity index (χ0v) is 14.5. The van der Waals surface area contributed by atoms with Gasteiger partial charge in [-0.15, -0.1) is 24.0 Å². The summed E-state index contributed by atoms with van der Waals surface area (Å²) >= 11 is 0. The Hall–Kier alpha value is -1.38. The number of nitro groups is 1. The van der Waals surface area contributed by atoms with Crippen LogP contribution < -0.4 is 10.6 Å². The van der Waals surface area contributed by atoms with Crippen molar-refractivity contribution < 1.29 is 4.92 Å². The lowest BCUT2D eigenvalue weighted by Crippen LogP contribution is -2.39. The van der Waals surface area contributed by atoms with E-state index in [1.807, 2.05) is 13.0 Å². The summed E-state index contributed by atoms with van der Waals surface area (Å²) in [6.07, 6.45) is 1.17. The average molecular weight is 404 g/mol. The van der Waals surface area contributed by atoms with Gasteiger partial charge >= 0.3 is 0 Å². The summed E-state index contributed by atoms with van der Waals surface area (Å²) in [6, 6.07) is 7.08. The van der Waals surface area contributed by atoms with Crippen molar-refractivity contribution in [2.24, 2.45) is 10.9 Å². The van der Waals surface area contributed by atoms with Crippen LogP contribution in [-0.4, -0.2) is 23.5 Å². The minimum Gasteiger partial charge on any atom is -0.357 e. The van der Waals surface area contributed by atoms with Crippen molar-refractivity contribution in [3.8, 4) is 0 Å². The van der Waals surface area contributed by atoms with Gasteiger partial charge in [-0.2, -0.15) is 0 Å². The van der Waals surface area contributed by atoms with Crippen molar-refractivity contribution in [3.05, 3.63) is 39.9 Å². The molecule has 0 saturated heterocycles. The number of nitrogens with one attached hydrogen (secondary N) is 2. The van der Waals surface area contributed by atoms with E-state index in [1.165, 1.54) is 12.5 Å². The van der Waals surface area contributed by atoms with E-state index in [9.17, 15) is 10.1 Å². The fraction of sp³-hybridized carbons (Fsp3) is 0.500. The molecular formula is C14H21IN4O2. The van der Waals surface area contributed by atoms with Crippen molar-refractivity contribution in [2.45, 2.75) is 32.9 Å². The van der Waals surface area contributed by atoms with Gasteiger partial charge in [0.05, 0.1) is 11.5 Å². The van der Waals surface area contributed by atoms with Gasteiger partial charge in [-0.3, -0.25) is 10.1 Å². The van der Waals surface area contributed by atoms with Gasteiger partial charge in [-0.1, -0.05) is 19.1 Å². The highest BCUT2D eigenvalue weighted by atomic mass is 127. The molecule has 1 aromatic carbocycles. The summed E-state index contributed by atoms with van der Waals surface area (Å²) in [7, 11) is 0. The van der Waals surface area contributed by atoms with E-state index in [4.69, 9.17) is 0 Å². The van der Waals surface area contributed by atoms with Crippen molar-refractivity contribution in [1.82, 2.24) is 10.6 Å². The number of hydrogen-bond acceptors (Lipinski definition) is 3. The largest absolute Gasteiger partial charge is 0.357 e. The van der Waals surface area contributed by atoms with E-state index in [2.05, 4.69) is 22.5 Å². The van der Waals surface area contributed by atoms with E-state index in [-0.39, 0.29) is 34.6 Å². The molecule has 0 aromatic heterocycles. The summed E-state index contributed by atoms with van der Waals surface area (Å²) in [6.45, 7) is 5.43. The van der Waals surface area contributed by atoms with Crippen LogP contribution >= 0.6 is 24.0 Å². The summed E-state index contributed by atoms with van der Waals surface area (Å²) in [5.74, 6) is 1.46. The molecule has 1 aromatic rings. The van der Waals surface area contributed by atoms with Crippen LogP contribution in [0.1, 0.15) is 25.8 Å². The van der Waals surface area contributed by atoms with Crippen molar-refractivity contribution >= 4 is 35.6 Å². The quantitative estimate of drug-likeness (QED) is 0.260. The first-order valence-electron chi connectivity index (χ1n) is 6.88. The Morgan fingerprint density at radius 2 is 2.24 bits per heavy atom. The standard InChI is InChI=1S/C14H20N4O2.HI/c1-3-15-14(17-13-7-10(13)2)16-9-11-5-4-6-12(8-11)18(19)20;/h4-6,8,10,13H,3,7,9H2,1-2H3,(H2,15,16,17);1H. The van der Waals surface area contributed by atoms with Crippen LogP contribution in [0.25, 0.3) is 0 Å². The Kier molecular flexibility index (Phi) is 6.86. The fourth-order valence-corrected chi connectivity index (χ4v) is 1.96. The molecule has 2 N–H and O–H groups in total. The van der Waals surface area contributed by atoms with Crippen LogP contribution in [0.2, 0.25) is 0 Å². The molecule has 6 nitrogen and oxygen atoms in total. The van der Waals surface area contributed by atoms with E-state index < -0.39 is 0 Å². The topological polar surface area (TPSA) is 79.6 Å². The lowest BCUT2D eigenvalue weighted by molar-refractivity contribution is -0.384. The van der Waals surface area contributed by atoms with Crippen LogP contribution in [0, 0.1) is 16.0 Å². The Morgan fingerprint density at radius 3 is 2.81 bits per heavy atom. The Morgan fingerprint density at radius 1 is 1.52 bits per heavy atom. The summed E-state index contributed by atoms with van der Waals surface area (Å²) < 4.78 is 0. The number of guanidine groups is 1. The lowest BCUT2D eigenvalue weighted by Gasteiger charge is -2.10. The molecule has 0 spiro atoms. The molecule has 1 aliphatic rings. The van der Waals surface area contributed by atoms with Gasteiger partial charge < -0.3 is 10.6 Å². The van der Waals surface area contributed by atoms with E-state index >= 15 is 0 Å². The molecule has 1 saturated carbocycles. The highest BCUT2D eigenvalue weighted by Crippen LogP contribution is 2.28. The Balaban J connectivity index is 0.00000220. The molecule has 7 heteroatoms. The Bertz CT molecular complexity index is 521. The van der Waals surface area contributed by atoms with Crippen LogP contribution in [0.4, 0.5) is 5.69 Å². The molecule has 0 aliphatic heterocycles. The predicted molar refractivity (Wildman–Crippen MR) is 94.0 cm³/mol. The van der Waals surface area contributed by atoms with Gasteiger partial charge in [0.15, 0.2) is 5.96 Å². The average Bonchev–Trinajstić information content (AvgIpc) is 3.12. The third-order valence-electron chi connectivity index (χ3n) is 3.32. The summed E-state index contributed by atoms with van der Waals surface area (Å²) in [4.78, 5) is 14.8. The number of non-ortho nitro benzene ring substituents is 1. The Labute approximate surface area is 141 Å². The van der Waals surface area contributed by atoms with Gasteiger partial charge in [0.25, 0.3) is 5.69 Å². The van der Waals surface area contributed by atoms with Gasteiger partial charge in [0, 0.05) is 24.7 Å². The van der Waals surface area contributed by atoms with Gasteiger partial charge in [0.2, 0.25) is 0 Å². The monoisotopic (exact) mass is 404 g/mol. The summed E-state index contributed by atoms with van der Waals surface area (Å²) in [5.41, 5.74) is 0.937. The van der Waals surface area contributed by atoms with E-state index in [0.29, 0.717) is 18.5 Å². The lowest BCUT2D eigenvalue weighted by atomic mass is 10.2. The van der Waals surface area contributed by atoms with Crippen molar-refractivity contribution in [1.29, 1.82) is 0 Å². The van der Waals surface area contributed by atoms with Crippen LogP contribution in [0.3, 0.4) is 0 Å². The molecule has 0 radical (unpaired) electrons. The minimum absolute atomic E-state index is 0. The second-order valence-corrected chi connectivity index (χ2v) is 5.09. The smallest absolute Gasteiger partial charge is 0.269 e. The molecule has 1 fully saturated rings. The first kappa shape index (κ1) is 17.7. The number of nitro benzene ring substituents is 1. The normalized spacial score (nSPS) is 20.4. The maximum atomic E-state index is 10.7. The van der Waals surface area contributed by atoms with Crippen molar-refractivity contribution in [2.75, 3.05) is 6.54 Å². The maximum absolute atomic E-state index is 10.7. The van der Waals surface area contributed by atoms with Crippen LogP contribution in [0.15, 0.2) is 29.3 Å². The SMILES string of the molecule is CCNC(=NCc1cccc([N+](=O)[O-])c1)NC1CC1C.I. The van der Waals surface area contributed by atoms with Crippen molar-refractivity contribution in [3.63, 3.8) is 0 Å². The molecule has 2 unspecified atom stereocenters. The molecule has 21 heavy (non-hydrogen) atoms. The third kappa shape index (κ3) is 5.49. The predicted octanol–water partition coefficient (Wildman–Crippen LogP) is 2.68. The number of benzene rings is 1. The minimum atomic E-state index is -0.386. The molecule has 0 bridgehead atoms. The molecule has 0 amide bonds. The van der Waals surface area contributed by atoms with Crippen LogP contribution in [0.5, 0.6) is 0 Å². The highest BCUT2D eigenvalue weighted by molar-refractivity contribution is 14.0. The van der Waals surface area contributed by atoms with E-state index in [0.717, 1.165) is 18.1 Å². The number of nitrogens with zero attached hydrogens (tertiary/aromatic N) is 2. The van der Waals surface area contributed by atoms with Gasteiger partial charge in [-0.25, -0.2) is 4.99 Å². The van der Waals surface area contributed by atoms with Gasteiger partial charge in [0.1, 0.15) is 0 Å². The maximum Gasteiger partial charge on any atom is 0.269 e. The molecule has 1 aliphatic carbocycles. The second kappa shape index (κ2) is 8.16. The van der Waals surface area contributed by atoms with E-state index in [1.54, 1.807) is 12.1 Å². The molecule has 2 rings (SSSR count). The first-order valence-corrected chi connectivity index (χ1v) is 6.88. The second-order valence-electron chi connectivity index (χ2n) is 5.09. The van der Waals surface area contributed by atoms with Gasteiger partial charge in [-0.05, 0) is 24.8 Å². The summed E-state index contributed by atoms with van der Waals surface area (Å²) in [5, 5.41) is 17.3.